The number of aromatic nitrogens is 2. The summed E-state index contributed by atoms with van der Waals surface area (Å²) in [6, 6.07) is 8.45. The standard InChI is InChI=1S/C25H23F2N3O4S/c1-13-20-14(2)28-22(18-5-4-10-33-18)29-23(20)35-21(13)24(31)30(16-7-8-16)12-15-6-9-17(34-25(26)27)19(11-15)32-3/h4-6,9-11,16,25H,7-8,12H2,1-3H3. The number of carbonyl (C=O) groups excluding carboxylic acids is 1. The minimum atomic E-state index is -2.95. The summed E-state index contributed by atoms with van der Waals surface area (Å²) in [6.07, 6.45) is 3.41. The van der Waals surface area contributed by atoms with Crippen molar-refractivity contribution in [2.75, 3.05) is 7.11 Å². The highest BCUT2D eigenvalue weighted by Crippen LogP contribution is 2.37. The van der Waals surface area contributed by atoms with E-state index in [0.717, 1.165) is 39.9 Å². The minimum absolute atomic E-state index is 0.0442. The maximum atomic E-state index is 13.7. The summed E-state index contributed by atoms with van der Waals surface area (Å²) in [5, 5.41) is 0.875. The average Bonchev–Trinajstić information content (AvgIpc) is 3.39. The van der Waals surface area contributed by atoms with Crippen LogP contribution in [0.2, 0.25) is 0 Å². The molecule has 0 bridgehead atoms. The number of furan rings is 1. The fourth-order valence-corrected chi connectivity index (χ4v) is 5.33. The summed E-state index contributed by atoms with van der Waals surface area (Å²) in [4.78, 5) is 26.1. The van der Waals surface area contributed by atoms with Crippen molar-refractivity contribution in [3.8, 4) is 23.1 Å². The van der Waals surface area contributed by atoms with Crippen LogP contribution in [0.15, 0.2) is 41.0 Å². The molecule has 1 amide bonds. The van der Waals surface area contributed by atoms with Crippen LogP contribution < -0.4 is 9.47 Å². The molecule has 1 aromatic carbocycles. The van der Waals surface area contributed by atoms with E-state index in [2.05, 4.69) is 14.7 Å². The number of fused-ring (bicyclic) bond motifs is 1. The minimum Gasteiger partial charge on any atom is -0.493 e. The Morgan fingerprint density at radius 3 is 2.69 bits per heavy atom. The molecule has 7 nitrogen and oxygen atoms in total. The molecule has 3 aromatic heterocycles. The number of benzene rings is 1. The van der Waals surface area contributed by atoms with Gasteiger partial charge in [-0.3, -0.25) is 4.79 Å². The zero-order chi connectivity index (χ0) is 24.7. The summed E-state index contributed by atoms with van der Waals surface area (Å²) in [7, 11) is 1.39. The highest BCUT2D eigenvalue weighted by Gasteiger charge is 2.35. The van der Waals surface area contributed by atoms with Crippen LogP contribution >= 0.6 is 11.3 Å². The largest absolute Gasteiger partial charge is 0.493 e. The van der Waals surface area contributed by atoms with Crippen LogP contribution in [0, 0.1) is 13.8 Å². The van der Waals surface area contributed by atoms with Crippen LogP contribution in [0.1, 0.15) is 39.3 Å². The van der Waals surface area contributed by atoms with Crippen molar-refractivity contribution in [3.05, 3.63) is 58.3 Å². The van der Waals surface area contributed by atoms with Gasteiger partial charge in [-0.25, -0.2) is 9.97 Å². The van der Waals surface area contributed by atoms with Gasteiger partial charge >= 0.3 is 6.61 Å². The number of aryl methyl sites for hydroxylation is 2. The van der Waals surface area contributed by atoms with Crippen LogP contribution in [0.3, 0.4) is 0 Å². The molecular weight excluding hydrogens is 476 g/mol. The Morgan fingerprint density at radius 2 is 2.03 bits per heavy atom. The van der Waals surface area contributed by atoms with Gasteiger partial charge < -0.3 is 18.8 Å². The van der Waals surface area contributed by atoms with E-state index in [1.807, 2.05) is 18.7 Å². The number of ether oxygens (including phenoxy) is 2. The van der Waals surface area contributed by atoms with Gasteiger partial charge in [-0.1, -0.05) is 6.07 Å². The lowest BCUT2D eigenvalue weighted by molar-refractivity contribution is -0.0512. The molecule has 1 saturated carbocycles. The number of thiophene rings is 1. The van der Waals surface area contributed by atoms with Gasteiger partial charge in [0.25, 0.3) is 5.91 Å². The third kappa shape index (κ3) is 4.58. The molecule has 10 heteroatoms. The summed E-state index contributed by atoms with van der Waals surface area (Å²) < 4.78 is 40.5. The maximum absolute atomic E-state index is 13.7. The molecule has 0 aliphatic heterocycles. The van der Waals surface area contributed by atoms with Crippen LogP contribution in [0.25, 0.3) is 21.8 Å². The first-order chi connectivity index (χ1) is 16.9. The molecule has 0 spiro atoms. The van der Waals surface area contributed by atoms with E-state index in [4.69, 9.17) is 9.15 Å². The monoisotopic (exact) mass is 499 g/mol. The number of rotatable bonds is 8. The number of hydrogen-bond acceptors (Lipinski definition) is 7. The van der Waals surface area contributed by atoms with E-state index in [1.165, 1.54) is 24.5 Å². The Bertz CT molecular complexity index is 1380. The molecule has 0 unspecified atom stereocenters. The average molecular weight is 500 g/mol. The van der Waals surface area contributed by atoms with Gasteiger partial charge in [0.15, 0.2) is 23.1 Å². The normalized spacial score (nSPS) is 13.4. The van der Waals surface area contributed by atoms with Crippen LogP contribution in [-0.4, -0.2) is 40.5 Å². The first-order valence-electron chi connectivity index (χ1n) is 11.1. The van der Waals surface area contributed by atoms with Crippen molar-refractivity contribution in [2.24, 2.45) is 0 Å². The second kappa shape index (κ2) is 9.26. The third-order valence-electron chi connectivity index (χ3n) is 5.95. The molecule has 0 radical (unpaired) electrons. The van der Waals surface area contributed by atoms with Crippen molar-refractivity contribution >= 4 is 27.5 Å². The second-order valence-corrected chi connectivity index (χ2v) is 9.37. The van der Waals surface area contributed by atoms with E-state index in [1.54, 1.807) is 30.5 Å². The van der Waals surface area contributed by atoms with Gasteiger partial charge in [0.2, 0.25) is 0 Å². The summed E-state index contributed by atoms with van der Waals surface area (Å²) in [5.74, 6) is 1.12. The quantitative estimate of drug-likeness (QED) is 0.297. The molecule has 4 aromatic rings. The van der Waals surface area contributed by atoms with Crippen molar-refractivity contribution in [2.45, 2.75) is 45.9 Å². The SMILES string of the molecule is COc1cc(CN(C(=O)c2sc3nc(-c4ccco4)nc(C)c3c2C)C2CC2)ccc1OC(F)F. The van der Waals surface area contributed by atoms with Crippen molar-refractivity contribution in [1.82, 2.24) is 14.9 Å². The highest BCUT2D eigenvalue weighted by molar-refractivity contribution is 7.20. The van der Waals surface area contributed by atoms with Gasteiger partial charge in [-0.05, 0) is 62.1 Å². The van der Waals surface area contributed by atoms with Crippen molar-refractivity contribution in [3.63, 3.8) is 0 Å². The van der Waals surface area contributed by atoms with Gasteiger partial charge in [-0.2, -0.15) is 8.78 Å². The van der Waals surface area contributed by atoms with Gasteiger partial charge in [0.05, 0.1) is 23.9 Å². The van der Waals surface area contributed by atoms with Crippen molar-refractivity contribution < 1.29 is 27.5 Å². The fourth-order valence-electron chi connectivity index (χ4n) is 4.14. The topological polar surface area (TPSA) is 77.7 Å². The number of nitrogens with zero attached hydrogens (tertiary/aromatic N) is 3. The van der Waals surface area contributed by atoms with E-state index in [-0.39, 0.29) is 23.4 Å². The first kappa shape index (κ1) is 23.2. The molecular formula is C25H23F2N3O4S. The van der Waals surface area contributed by atoms with E-state index >= 15 is 0 Å². The Morgan fingerprint density at radius 1 is 1.23 bits per heavy atom. The lowest BCUT2D eigenvalue weighted by Crippen LogP contribution is -2.32. The molecule has 1 aliphatic rings. The summed E-state index contributed by atoms with van der Waals surface area (Å²) in [6.45, 7) is 1.19. The Kier molecular flexibility index (Phi) is 6.14. The third-order valence-corrected chi connectivity index (χ3v) is 7.13. The molecule has 0 saturated heterocycles. The highest BCUT2D eigenvalue weighted by atomic mass is 32.1. The van der Waals surface area contributed by atoms with Gasteiger partial charge in [0, 0.05) is 18.0 Å². The summed E-state index contributed by atoms with van der Waals surface area (Å²) >= 11 is 1.35. The van der Waals surface area contributed by atoms with Crippen molar-refractivity contribution in [1.29, 1.82) is 0 Å². The Labute approximate surface area is 204 Å². The van der Waals surface area contributed by atoms with Crippen LogP contribution in [0.4, 0.5) is 8.78 Å². The lowest BCUT2D eigenvalue weighted by atomic mass is 10.1. The van der Waals surface area contributed by atoms with Gasteiger partial charge in [-0.15, -0.1) is 11.3 Å². The van der Waals surface area contributed by atoms with E-state index in [0.29, 0.717) is 23.0 Å². The van der Waals surface area contributed by atoms with E-state index < -0.39 is 6.61 Å². The van der Waals surface area contributed by atoms with Crippen LogP contribution in [0.5, 0.6) is 11.5 Å². The zero-order valence-electron chi connectivity index (χ0n) is 19.4. The lowest BCUT2D eigenvalue weighted by Gasteiger charge is -2.23. The Hall–Kier alpha value is -3.53. The van der Waals surface area contributed by atoms with Gasteiger partial charge in [0.1, 0.15) is 4.83 Å². The molecule has 1 aliphatic carbocycles. The van der Waals surface area contributed by atoms with Crippen LogP contribution in [-0.2, 0) is 6.54 Å². The first-order valence-corrected chi connectivity index (χ1v) is 11.9. The molecule has 35 heavy (non-hydrogen) atoms. The molecule has 3 heterocycles. The summed E-state index contributed by atoms with van der Waals surface area (Å²) in [5.41, 5.74) is 2.40. The smallest absolute Gasteiger partial charge is 0.387 e. The Balaban J connectivity index is 1.46. The molecule has 0 atom stereocenters. The second-order valence-electron chi connectivity index (χ2n) is 8.37. The molecule has 1 fully saturated rings. The fraction of sp³-hybridized carbons (Fsp3) is 0.320. The maximum Gasteiger partial charge on any atom is 0.387 e. The number of alkyl halides is 2. The molecule has 5 rings (SSSR count). The molecule has 0 N–H and O–H groups in total. The molecule has 182 valence electrons. The predicted octanol–water partition coefficient (Wildman–Crippen LogP) is 5.98. The zero-order valence-corrected chi connectivity index (χ0v) is 20.2. The number of carbonyl (C=O) groups is 1. The number of methoxy groups -OCH3 is 1. The number of hydrogen-bond donors (Lipinski definition) is 0. The number of halogens is 2. The number of amides is 1. The van der Waals surface area contributed by atoms with E-state index in [9.17, 15) is 13.6 Å². The predicted molar refractivity (Wildman–Crippen MR) is 127 cm³/mol.